The van der Waals surface area contributed by atoms with Gasteiger partial charge in [-0.15, -0.1) is 0 Å². The zero-order chi connectivity index (χ0) is 13.6. The number of nitrogens with one attached hydrogen (secondary N) is 1. The monoisotopic (exact) mass is 261 g/mol. The lowest BCUT2D eigenvalue weighted by atomic mass is 10.0. The Morgan fingerprint density at radius 3 is 2.44 bits per heavy atom. The maximum atomic E-state index is 13.0. The third kappa shape index (κ3) is 3.91. The summed E-state index contributed by atoms with van der Waals surface area (Å²) in [5, 5.41) is 2.52. The maximum absolute atomic E-state index is 13.0. The van der Waals surface area contributed by atoms with Crippen LogP contribution in [0.3, 0.4) is 0 Å². The summed E-state index contributed by atoms with van der Waals surface area (Å²) in [5.41, 5.74) is 0.139. The van der Waals surface area contributed by atoms with Gasteiger partial charge in [-0.1, -0.05) is 25.1 Å². The van der Waals surface area contributed by atoms with Crippen molar-refractivity contribution in [3.63, 3.8) is 0 Å². The highest BCUT2D eigenvalue weighted by molar-refractivity contribution is 5.36. The SMILES string of the molecule is CCCNC(c1ccccc1OCC)C(F)(F)F. The van der Waals surface area contributed by atoms with Crippen LogP contribution in [0.2, 0.25) is 0 Å². The van der Waals surface area contributed by atoms with E-state index in [0.717, 1.165) is 0 Å². The van der Waals surface area contributed by atoms with Crippen molar-refractivity contribution in [2.45, 2.75) is 32.5 Å². The molecule has 1 aromatic rings. The van der Waals surface area contributed by atoms with Gasteiger partial charge < -0.3 is 10.1 Å². The zero-order valence-corrected chi connectivity index (χ0v) is 10.6. The molecule has 0 heterocycles. The van der Waals surface area contributed by atoms with E-state index in [4.69, 9.17) is 4.74 Å². The average molecular weight is 261 g/mol. The zero-order valence-electron chi connectivity index (χ0n) is 10.6. The first-order chi connectivity index (χ1) is 8.50. The molecule has 0 fully saturated rings. The molecule has 1 aromatic carbocycles. The van der Waals surface area contributed by atoms with Gasteiger partial charge in [0.1, 0.15) is 11.8 Å². The van der Waals surface area contributed by atoms with Crippen molar-refractivity contribution in [3.05, 3.63) is 29.8 Å². The van der Waals surface area contributed by atoms with Crippen LogP contribution in [0.5, 0.6) is 5.75 Å². The molecule has 18 heavy (non-hydrogen) atoms. The van der Waals surface area contributed by atoms with E-state index in [1.54, 1.807) is 25.1 Å². The summed E-state index contributed by atoms with van der Waals surface area (Å²) in [4.78, 5) is 0. The molecule has 0 aliphatic heterocycles. The highest BCUT2D eigenvalue weighted by Gasteiger charge is 2.41. The fourth-order valence-electron chi connectivity index (χ4n) is 1.70. The molecule has 5 heteroatoms. The third-order valence-corrected chi connectivity index (χ3v) is 2.46. The smallest absolute Gasteiger partial charge is 0.408 e. The van der Waals surface area contributed by atoms with E-state index < -0.39 is 12.2 Å². The molecule has 0 saturated heterocycles. The second-order valence-corrected chi connectivity index (χ2v) is 3.90. The number of ether oxygens (including phenoxy) is 1. The van der Waals surface area contributed by atoms with Gasteiger partial charge in [0.15, 0.2) is 0 Å². The van der Waals surface area contributed by atoms with E-state index in [2.05, 4.69) is 5.32 Å². The van der Waals surface area contributed by atoms with Gasteiger partial charge in [0, 0.05) is 5.56 Å². The molecular formula is C13H18F3NO. The summed E-state index contributed by atoms with van der Waals surface area (Å²) < 4.78 is 44.3. The number of para-hydroxylation sites is 1. The molecule has 1 N–H and O–H groups in total. The molecule has 0 radical (unpaired) electrons. The van der Waals surface area contributed by atoms with Crippen molar-refractivity contribution >= 4 is 0 Å². The van der Waals surface area contributed by atoms with Crippen molar-refractivity contribution in [3.8, 4) is 5.75 Å². The van der Waals surface area contributed by atoms with Crippen LogP contribution >= 0.6 is 0 Å². The van der Waals surface area contributed by atoms with E-state index in [1.165, 1.54) is 6.07 Å². The van der Waals surface area contributed by atoms with Crippen LogP contribution in [0.4, 0.5) is 13.2 Å². The summed E-state index contributed by atoms with van der Waals surface area (Å²) >= 11 is 0. The maximum Gasteiger partial charge on any atom is 0.408 e. The van der Waals surface area contributed by atoms with E-state index in [-0.39, 0.29) is 11.3 Å². The van der Waals surface area contributed by atoms with Gasteiger partial charge in [0.05, 0.1) is 6.61 Å². The van der Waals surface area contributed by atoms with Crippen molar-refractivity contribution in [1.82, 2.24) is 5.32 Å². The molecule has 0 aromatic heterocycles. The Morgan fingerprint density at radius 1 is 1.22 bits per heavy atom. The summed E-state index contributed by atoms with van der Waals surface area (Å²) in [7, 11) is 0. The Labute approximate surface area is 105 Å². The molecule has 0 saturated carbocycles. The minimum absolute atomic E-state index is 0.139. The summed E-state index contributed by atoms with van der Waals surface area (Å²) in [6, 6.07) is 4.59. The van der Waals surface area contributed by atoms with Crippen LogP contribution in [-0.2, 0) is 0 Å². The number of benzene rings is 1. The lowest BCUT2D eigenvalue weighted by Crippen LogP contribution is -2.34. The molecule has 1 rings (SSSR count). The first kappa shape index (κ1) is 14.8. The minimum Gasteiger partial charge on any atom is -0.494 e. The summed E-state index contributed by atoms with van der Waals surface area (Å²) in [6.07, 6.45) is -3.69. The topological polar surface area (TPSA) is 21.3 Å². The van der Waals surface area contributed by atoms with Crippen molar-refractivity contribution in [1.29, 1.82) is 0 Å². The van der Waals surface area contributed by atoms with Gasteiger partial charge in [0.2, 0.25) is 0 Å². The van der Waals surface area contributed by atoms with Crippen LogP contribution in [-0.4, -0.2) is 19.3 Å². The number of hydrogen-bond donors (Lipinski definition) is 1. The van der Waals surface area contributed by atoms with Crippen LogP contribution < -0.4 is 10.1 Å². The van der Waals surface area contributed by atoms with Gasteiger partial charge >= 0.3 is 6.18 Å². The number of halogens is 3. The molecule has 0 spiro atoms. The van der Waals surface area contributed by atoms with Crippen molar-refractivity contribution in [2.75, 3.05) is 13.2 Å². The highest BCUT2D eigenvalue weighted by atomic mass is 19.4. The molecule has 0 bridgehead atoms. The van der Waals surface area contributed by atoms with E-state index in [0.29, 0.717) is 19.6 Å². The third-order valence-electron chi connectivity index (χ3n) is 2.46. The molecule has 0 aliphatic rings. The van der Waals surface area contributed by atoms with Crippen LogP contribution in [0, 0.1) is 0 Å². The largest absolute Gasteiger partial charge is 0.494 e. The molecule has 1 atom stereocenters. The number of rotatable bonds is 6. The fraction of sp³-hybridized carbons (Fsp3) is 0.538. The lowest BCUT2D eigenvalue weighted by molar-refractivity contribution is -0.158. The van der Waals surface area contributed by atoms with Gasteiger partial charge in [-0.2, -0.15) is 13.2 Å². The van der Waals surface area contributed by atoms with Gasteiger partial charge in [-0.05, 0) is 26.0 Å². The summed E-state index contributed by atoms with van der Waals surface area (Å²) in [5.74, 6) is 0.283. The van der Waals surface area contributed by atoms with Crippen LogP contribution in [0.25, 0.3) is 0 Å². The standard InChI is InChI=1S/C13H18F3NO/c1-3-9-17-12(13(14,15)16)10-7-5-6-8-11(10)18-4-2/h5-8,12,17H,3-4,9H2,1-2H3. The van der Waals surface area contributed by atoms with Gasteiger partial charge in [-0.25, -0.2) is 0 Å². The van der Waals surface area contributed by atoms with Crippen molar-refractivity contribution < 1.29 is 17.9 Å². The minimum atomic E-state index is -4.33. The predicted octanol–water partition coefficient (Wildman–Crippen LogP) is 3.69. The Bertz CT molecular complexity index is 365. The second kappa shape index (κ2) is 6.64. The predicted molar refractivity (Wildman–Crippen MR) is 64.7 cm³/mol. The first-order valence-electron chi connectivity index (χ1n) is 6.02. The number of hydrogen-bond acceptors (Lipinski definition) is 2. The van der Waals surface area contributed by atoms with Crippen molar-refractivity contribution in [2.24, 2.45) is 0 Å². The molecule has 1 unspecified atom stereocenters. The molecular weight excluding hydrogens is 243 g/mol. The Balaban J connectivity index is 3.04. The normalized spacial score (nSPS) is 13.4. The fourth-order valence-corrected chi connectivity index (χ4v) is 1.70. The van der Waals surface area contributed by atoms with E-state index in [1.807, 2.05) is 6.92 Å². The van der Waals surface area contributed by atoms with E-state index >= 15 is 0 Å². The molecule has 0 amide bonds. The van der Waals surface area contributed by atoms with Crippen LogP contribution in [0.15, 0.2) is 24.3 Å². The molecule has 2 nitrogen and oxygen atoms in total. The van der Waals surface area contributed by atoms with E-state index in [9.17, 15) is 13.2 Å². The summed E-state index contributed by atoms with van der Waals surface area (Å²) in [6.45, 7) is 4.23. The number of alkyl halides is 3. The Kier molecular flexibility index (Phi) is 5.47. The highest BCUT2D eigenvalue weighted by Crippen LogP contribution is 2.37. The van der Waals surface area contributed by atoms with Gasteiger partial charge in [-0.3, -0.25) is 0 Å². The lowest BCUT2D eigenvalue weighted by Gasteiger charge is -2.24. The molecule has 102 valence electrons. The Morgan fingerprint density at radius 2 is 1.89 bits per heavy atom. The quantitative estimate of drug-likeness (QED) is 0.843. The average Bonchev–Trinajstić information content (AvgIpc) is 2.30. The Hall–Kier alpha value is -1.23. The van der Waals surface area contributed by atoms with Crippen LogP contribution in [0.1, 0.15) is 31.9 Å². The second-order valence-electron chi connectivity index (χ2n) is 3.90. The van der Waals surface area contributed by atoms with Gasteiger partial charge in [0.25, 0.3) is 0 Å². The first-order valence-corrected chi connectivity index (χ1v) is 6.02. The molecule has 0 aliphatic carbocycles.